The normalized spacial score (nSPS) is 10.1. The van der Waals surface area contributed by atoms with Crippen molar-refractivity contribution in [3.05, 3.63) is 23.8 Å². The van der Waals surface area contributed by atoms with E-state index in [2.05, 4.69) is 18.7 Å². The molecule has 0 unspecified atom stereocenters. The number of thiophene rings is 1. The maximum absolute atomic E-state index is 8.98. The van der Waals surface area contributed by atoms with Gasteiger partial charge in [0.1, 0.15) is 11.6 Å². The zero-order valence-corrected chi connectivity index (χ0v) is 9.15. The minimum atomic E-state index is 0.600. The van der Waals surface area contributed by atoms with E-state index in [0.29, 0.717) is 10.6 Å². The molecule has 14 heavy (non-hydrogen) atoms. The molecule has 2 aromatic rings. The van der Waals surface area contributed by atoms with Gasteiger partial charge in [-0.05, 0) is 6.07 Å². The summed E-state index contributed by atoms with van der Waals surface area (Å²) in [6.07, 6.45) is 0. The Kier molecular flexibility index (Phi) is 2.36. The summed E-state index contributed by atoms with van der Waals surface area (Å²) in [5.41, 5.74) is 0.600. The van der Waals surface area contributed by atoms with Gasteiger partial charge in [-0.1, -0.05) is 23.5 Å². The molecule has 0 N–H and O–H groups in total. The lowest BCUT2D eigenvalue weighted by Gasteiger charge is -1.92. The van der Waals surface area contributed by atoms with Gasteiger partial charge in [-0.15, -0.1) is 12.6 Å². The van der Waals surface area contributed by atoms with Gasteiger partial charge in [-0.2, -0.15) is 5.26 Å². The van der Waals surface area contributed by atoms with Gasteiger partial charge >= 0.3 is 0 Å². The summed E-state index contributed by atoms with van der Waals surface area (Å²) >= 11 is 5.79. The van der Waals surface area contributed by atoms with Crippen LogP contribution >= 0.6 is 24.0 Å². The summed E-state index contributed by atoms with van der Waals surface area (Å²) in [4.78, 5) is 0.882. The molecule has 1 heterocycles. The first-order chi connectivity index (χ1) is 6.77. The van der Waals surface area contributed by atoms with Crippen LogP contribution in [0.25, 0.3) is 10.1 Å². The van der Waals surface area contributed by atoms with Gasteiger partial charge in [0.15, 0.2) is 5.06 Å². The molecule has 0 aliphatic carbocycles. The number of nitriles is 1. The van der Waals surface area contributed by atoms with Crippen LogP contribution in [0.5, 0.6) is 5.06 Å². The molecule has 0 saturated heterocycles. The van der Waals surface area contributed by atoms with E-state index in [1.807, 2.05) is 18.2 Å². The van der Waals surface area contributed by atoms with Crippen LogP contribution in [0.4, 0.5) is 0 Å². The fourth-order valence-corrected chi connectivity index (χ4v) is 2.65. The van der Waals surface area contributed by atoms with Gasteiger partial charge in [0.25, 0.3) is 0 Å². The van der Waals surface area contributed by atoms with Crippen LogP contribution in [0.1, 0.15) is 5.56 Å². The van der Waals surface area contributed by atoms with Crippen molar-refractivity contribution in [3.63, 3.8) is 0 Å². The lowest BCUT2D eigenvalue weighted by molar-refractivity contribution is 0.426. The van der Waals surface area contributed by atoms with Crippen molar-refractivity contribution in [1.82, 2.24) is 0 Å². The van der Waals surface area contributed by atoms with Crippen LogP contribution in [0.3, 0.4) is 0 Å². The molecule has 1 aromatic carbocycles. The van der Waals surface area contributed by atoms with Crippen molar-refractivity contribution in [2.45, 2.75) is 4.90 Å². The number of fused-ring (bicyclic) bond motifs is 1. The zero-order valence-electron chi connectivity index (χ0n) is 7.44. The van der Waals surface area contributed by atoms with Gasteiger partial charge in [-0.25, -0.2) is 0 Å². The van der Waals surface area contributed by atoms with E-state index in [0.717, 1.165) is 15.0 Å². The van der Waals surface area contributed by atoms with Crippen LogP contribution in [0.15, 0.2) is 23.1 Å². The number of nitrogens with zero attached hydrogens (tertiary/aromatic N) is 1. The Morgan fingerprint density at radius 3 is 2.93 bits per heavy atom. The minimum absolute atomic E-state index is 0.600. The lowest BCUT2D eigenvalue weighted by atomic mass is 10.2. The Balaban J connectivity index is 2.88. The Morgan fingerprint density at radius 1 is 1.50 bits per heavy atom. The average molecular weight is 221 g/mol. The molecule has 2 rings (SSSR count). The maximum Gasteiger partial charge on any atom is 0.192 e. The highest BCUT2D eigenvalue weighted by molar-refractivity contribution is 7.80. The molecule has 1 aromatic heterocycles. The second-order valence-electron chi connectivity index (χ2n) is 2.73. The quantitative estimate of drug-likeness (QED) is 0.751. The van der Waals surface area contributed by atoms with Gasteiger partial charge < -0.3 is 4.74 Å². The molecule has 0 fully saturated rings. The number of hydrogen-bond donors (Lipinski definition) is 1. The van der Waals surface area contributed by atoms with E-state index < -0.39 is 0 Å². The highest BCUT2D eigenvalue weighted by atomic mass is 32.1. The van der Waals surface area contributed by atoms with E-state index in [4.69, 9.17) is 10.00 Å². The molecular weight excluding hydrogens is 214 g/mol. The van der Waals surface area contributed by atoms with E-state index in [9.17, 15) is 0 Å². The Bertz CT molecular complexity index is 525. The van der Waals surface area contributed by atoms with Gasteiger partial charge in [-0.3, -0.25) is 0 Å². The topological polar surface area (TPSA) is 33.0 Å². The fraction of sp³-hybridized carbons (Fsp3) is 0.100. The molecule has 0 saturated carbocycles. The Morgan fingerprint density at radius 2 is 2.29 bits per heavy atom. The predicted octanol–water partition coefficient (Wildman–Crippen LogP) is 3.07. The molecular formula is C10H7NOS2. The molecule has 0 radical (unpaired) electrons. The number of thiol groups is 1. The summed E-state index contributed by atoms with van der Waals surface area (Å²) in [5.74, 6) is 0. The minimum Gasteiger partial charge on any atom is -0.486 e. The maximum atomic E-state index is 8.98. The highest BCUT2D eigenvalue weighted by Gasteiger charge is 2.13. The number of hydrogen-bond acceptors (Lipinski definition) is 4. The molecule has 70 valence electrons. The van der Waals surface area contributed by atoms with Gasteiger partial charge in [0.05, 0.1) is 11.8 Å². The van der Waals surface area contributed by atoms with E-state index in [-0.39, 0.29) is 0 Å². The predicted molar refractivity (Wildman–Crippen MR) is 60.3 cm³/mol. The van der Waals surface area contributed by atoms with E-state index >= 15 is 0 Å². The number of ether oxygens (including phenoxy) is 1. The first-order valence-electron chi connectivity index (χ1n) is 3.96. The summed E-state index contributed by atoms with van der Waals surface area (Å²) < 4.78 is 6.14. The van der Waals surface area contributed by atoms with Crippen molar-refractivity contribution in [3.8, 4) is 11.1 Å². The summed E-state index contributed by atoms with van der Waals surface area (Å²) in [6, 6.07) is 7.85. The van der Waals surface area contributed by atoms with Gasteiger partial charge in [0.2, 0.25) is 0 Å². The zero-order chi connectivity index (χ0) is 10.1. The molecule has 0 amide bonds. The largest absolute Gasteiger partial charge is 0.486 e. The highest BCUT2D eigenvalue weighted by Crippen LogP contribution is 2.39. The molecule has 2 nitrogen and oxygen atoms in total. The van der Waals surface area contributed by atoms with E-state index in [1.165, 1.54) is 11.3 Å². The lowest BCUT2D eigenvalue weighted by Crippen LogP contribution is -1.80. The summed E-state index contributed by atoms with van der Waals surface area (Å²) in [6.45, 7) is 0. The van der Waals surface area contributed by atoms with Crippen molar-refractivity contribution in [2.75, 3.05) is 7.11 Å². The van der Waals surface area contributed by atoms with Crippen molar-refractivity contribution in [1.29, 1.82) is 5.26 Å². The average Bonchev–Trinajstić information content (AvgIpc) is 2.57. The smallest absolute Gasteiger partial charge is 0.192 e. The second-order valence-corrected chi connectivity index (χ2v) is 4.20. The molecule has 0 atom stereocenters. The van der Waals surface area contributed by atoms with Crippen LogP contribution in [0.2, 0.25) is 0 Å². The number of rotatable bonds is 1. The monoisotopic (exact) mass is 221 g/mol. The Hall–Kier alpha value is -1.18. The molecule has 0 aliphatic rings. The summed E-state index contributed by atoms with van der Waals surface area (Å²) in [5, 5.41) is 10.6. The number of methoxy groups -OCH3 is 1. The first-order valence-corrected chi connectivity index (χ1v) is 5.23. The van der Waals surface area contributed by atoms with E-state index in [1.54, 1.807) is 7.11 Å². The van der Waals surface area contributed by atoms with Crippen molar-refractivity contribution >= 4 is 34.1 Å². The fourth-order valence-electron chi connectivity index (χ4n) is 1.33. The van der Waals surface area contributed by atoms with Gasteiger partial charge in [0, 0.05) is 10.3 Å². The molecule has 0 spiro atoms. The molecule has 0 bridgehead atoms. The van der Waals surface area contributed by atoms with Crippen LogP contribution in [-0.4, -0.2) is 7.11 Å². The van der Waals surface area contributed by atoms with Crippen LogP contribution in [-0.2, 0) is 0 Å². The van der Waals surface area contributed by atoms with Crippen LogP contribution in [0, 0.1) is 11.3 Å². The SMILES string of the molecule is COc1sc2c(S)cccc2c1C#N. The first kappa shape index (κ1) is 9.38. The summed E-state index contributed by atoms with van der Waals surface area (Å²) in [7, 11) is 1.57. The third kappa shape index (κ3) is 1.26. The molecule has 4 heteroatoms. The third-order valence-electron chi connectivity index (χ3n) is 1.96. The third-order valence-corrected chi connectivity index (χ3v) is 3.68. The Labute approximate surface area is 91.1 Å². The van der Waals surface area contributed by atoms with Crippen LogP contribution < -0.4 is 4.74 Å². The molecule has 0 aliphatic heterocycles. The second kappa shape index (κ2) is 3.52. The number of benzene rings is 1. The standard InChI is InChI=1S/C10H7NOS2/c1-12-10-7(5-11)6-3-2-4-8(13)9(6)14-10/h2-4,13H,1H3. The van der Waals surface area contributed by atoms with Crippen molar-refractivity contribution in [2.24, 2.45) is 0 Å². The van der Waals surface area contributed by atoms with Crippen molar-refractivity contribution < 1.29 is 4.74 Å².